The summed E-state index contributed by atoms with van der Waals surface area (Å²) in [6.07, 6.45) is 1.58. The number of carbonyl (C=O) groups is 1. The normalized spacial score (nSPS) is 11.3. The molecule has 24 heavy (non-hydrogen) atoms. The van der Waals surface area contributed by atoms with Crippen LogP contribution in [0, 0.1) is 0 Å². The lowest BCUT2D eigenvalue weighted by atomic mass is 10.0. The molecule has 0 spiro atoms. The number of nitrogens with two attached hydrogens (primary N) is 1. The van der Waals surface area contributed by atoms with Gasteiger partial charge in [-0.1, -0.05) is 65.8 Å². The number of benzene rings is 2. The van der Waals surface area contributed by atoms with Gasteiger partial charge >= 0.3 is 5.97 Å². The van der Waals surface area contributed by atoms with Gasteiger partial charge < -0.3 is 15.0 Å². The average Bonchev–Trinajstić information content (AvgIpc) is 3.06. The number of ether oxygens (including phenoxy) is 1. The predicted molar refractivity (Wildman–Crippen MR) is 91.8 cm³/mol. The molecule has 120 valence electrons. The number of hydrogen-bond acceptors (Lipinski definition) is 5. The highest BCUT2D eigenvalue weighted by Crippen LogP contribution is 2.28. The molecule has 0 amide bonds. The van der Waals surface area contributed by atoms with Crippen molar-refractivity contribution in [1.29, 1.82) is 0 Å². The molecule has 5 nitrogen and oxygen atoms in total. The third kappa shape index (κ3) is 3.05. The van der Waals surface area contributed by atoms with Crippen LogP contribution >= 0.6 is 0 Å². The Kier molecular flexibility index (Phi) is 4.43. The highest BCUT2D eigenvalue weighted by atomic mass is 16.5. The number of esters is 1. The molecule has 0 aliphatic heterocycles. The van der Waals surface area contributed by atoms with Crippen molar-refractivity contribution in [1.82, 2.24) is 5.16 Å². The largest absolute Gasteiger partial charge is 0.465 e. The first-order chi connectivity index (χ1) is 11.7. The minimum Gasteiger partial charge on any atom is -0.465 e. The Balaban J connectivity index is 2.09. The summed E-state index contributed by atoms with van der Waals surface area (Å²) in [7, 11) is 1.32. The topological polar surface area (TPSA) is 78.3 Å². The van der Waals surface area contributed by atoms with Crippen molar-refractivity contribution in [2.75, 3.05) is 7.11 Å². The maximum atomic E-state index is 12.2. The molecular formula is C19H16N2O3. The van der Waals surface area contributed by atoms with Crippen LogP contribution in [0.15, 0.2) is 65.2 Å². The van der Waals surface area contributed by atoms with Crippen LogP contribution in [-0.2, 0) is 4.74 Å². The molecule has 0 saturated carbocycles. The molecular weight excluding hydrogens is 304 g/mol. The van der Waals surface area contributed by atoms with Crippen molar-refractivity contribution in [3.05, 3.63) is 77.6 Å². The van der Waals surface area contributed by atoms with E-state index in [-0.39, 0.29) is 11.3 Å². The Morgan fingerprint density at radius 2 is 1.71 bits per heavy atom. The minimum absolute atomic E-state index is 0.252. The van der Waals surface area contributed by atoms with Crippen molar-refractivity contribution < 1.29 is 14.1 Å². The molecule has 2 N–H and O–H groups in total. The second kappa shape index (κ2) is 6.83. The Bertz CT molecular complexity index is 868. The van der Waals surface area contributed by atoms with Crippen molar-refractivity contribution in [2.24, 2.45) is 5.73 Å². The monoisotopic (exact) mass is 320 g/mol. The molecule has 5 heteroatoms. The first-order valence-corrected chi connectivity index (χ1v) is 7.36. The van der Waals surface area contributed by atoms with E-state index in [2.05, 4.69) is 5.16 Å². The average molecular weight is 320 g/mol. The van der Waals surface area contributed by atoms with Crippen molar-refractivity contribution in [3.63, 3.8) is 0 Å². The van der Waals surface area contributed by atoms with Gasteiger partial charge in [0.1, 0.15) is 11.3 Å². The zero-order valence-corrected chi connectivity index (χ0v) is 13.1. The number of carbonyl (C=O) groups excluding carboxylic acids is 1. The van der Waals surface area contributed by atoms with E-state index < -0.39 is 5.97 Å². The van der Waals surface area contributed by atoms with E-state index in [1.54, 1.807) is 6.08 Å². The van der Waals surface area contributed by atoms with E-state index in [1.807, 2.05) is 60.7 Å². The molecule has 0 aliphatic rings. The maximum absolute atomic E-state index is 12.2. The fourth-order valence-electron chi connectivity index (χ4n) is 2.35. The number of aromatic nitrogens is 1. The van der Waals surface area contributed by atoms with Crippen LogP contribution in [0.4, 0.5) is 0 Å². The van der Waals surface area contributed by atoms with Crippen LogP contribution in [0.25, 0.3) is 23.0 Å². The van der Waals surface area contributed by atoms with Gasteiger partial charge in [-0.2, -0.15) is 0 Å². The van der Waals surface area contributed by atoms with Crippen molar-refractivity contribution in [2.45, 2.75) is 0 Å². The first-order valence-electron chi connectivity index (χ1n) is 7.36. The van der Waals surface area contributed by atoms with Gasteiger partial charge in [0, 0.05) is 17.3 Å². The smallest absolute Gasteiger partial charge is 0.344 e. The Labute approximate surface area is 139 Å². The second-order valence-electron chi connectivity index (χ2n) is 5.09. The fourth-order valence-corrected chi connectivity index (χ4v) is 2.35. The Morgan fingerprint density at radius 1 is 1.08 bits per heavy atom. The van der Waals surface area contributed by atoms with E-state index in [0.29, 0.717) is 11.4 Å². The summed E-state index contributed by atoms with van der Waals surface area (Å²) in [4.78, 5) is 12.2. The van der Waals surface area contributed by atoms with E-state index in [4.69, 9.17) is 15.0 Å². The molecule has 1 heterocycles. The molecule has 3 aromatic rings. The first kappa shape index (κ1) is 15.6. The van der Waals surface area contributed by atoms with E-state index >= 15 is 0 Å². The van der Waals surface area contributed by atoms with Gasteiger partial charge in [-0.05, 0) is 5.56 Å². The third-order valence-electron chi connectivity index (χ3n) is 3.55. The fraction of sp³-hybridized carbons (Fsp3) is 0.0526. The van der Waals surface area contributed by atoms with Gasteiger partial charge in [-0.3, -0.25) is 0 Å². The van der Waals surface area contributed by atoms with Crippen LogP contribution < -0.4 is 5.73 Å². The molecule has 0 radical (unpaired) electrons. The zero-order chi connectivity index (χ0) is 16.9. The van der Waals surface area contributed by atoms with Gasteiger partial charge in [0.2, 0.25) is 0 Å². The minimum atomic E-state index is -0.526. The SMILES string of the molecule is COC(=O)c1c(-c2ccccc2)noc1C=C(N)c1ccccc1. The van der Waals surface area contributed by atoms with Crippen LogP contribution in [0.5, 0.6) is 0 Å². The summed E-state index contributed by atoms with van der Waals surface area (Å²) < 4.78 is 10.2. The van der Waals surface area contributed by atoms with Crippen LogP contribution in [0.3, 0.4) is 0 Å². The second-order valence-corrected chi connectivity index (χ2v) is 5.09. The van der Waals surface area contributed by atoms with Crippen molar-refractivity contribution >= 4 is 17.7 Å². The summed E-state index contributed by atoms with van der Waals surface area (Å²) in [6, 6.07) is 18.7. The summed E-state index contributed by atoms with van der Waals surface area (Å²) >= 11 is 0. The molecule has 2 aromatic carbocycles. The third-order valence-corrected chi connectivity index (χ3v) is 3.55. The van der Waals surface area contributed by atoms with Crippen molar-refractivity contribution in [3.8, 4) is 11.3 Å². The molecule has 0 aliphatic carbocycles. The summed E-state index contributed by atoms with van der Waals surface area (Å²) in [5.74, 6) is -0.260. The van der Waals surface area contributed by atoms with Gasteiger partial charge in [0.05, 0.1) is 7.11 Å². The van der Waals surface area contributed by atoms with Gasteiger partial charge in [0.15, 0.2) is 5.76 Å². The lowest BCUT2D eigenvalue weighted by Gasteiger charge is -2.02. The van der Waals surface area contributed by atoms with E-state index in [0.717, 1.165) is 11.1 Å². The number of methoxy groups -OCH3 is 1. The van der Waals surface area contributed by atoms with Gasteiger partial charge in [0.25, 0.3) is 0 Å². The highest BCUT2D eigenvalue weighted by molar-refractivity contribution is 6.00. The summed E-state index contributed by atoms with van der Waals surface area (Å²) in [6.45, 7) is 0. The number of nitrogens with zero attached hydrogens (tertiary/aromatic N) is 1. The summed E-state index contributed by atoms with van der Waals surface area (Å²) in [5.41, 5.74) is 8.84. The van der Waals surface area contributed by atoms with Crippen LogP contribution in [0.2, 0.25) is 0 Å². The Hall–Kier alpha value is -3.34. The van der Waals surface area contributed by atoms with Crippen LogP contribution in [-0.4, -0.2) is 18.2 Å². The summed E-state index contributed by atoms with van der Waals surface area (Å²) in [5, 5.41) is 4.03. The number of rotatable bonds is 4. The lowest BCUT2D eigenvalue weighted by Crippen LogP contribution is -2.04. The quantitative estimate of drug-likeness (QED) is 0.743. The van der Waals surface area contributed by atoms with E-state index in [9.17, 15) is 4.79 Å². The molecule has 0 atom stereocenters. The zero-order valence-electron chi connectivity index (χ0n) is 13.1. The van der Waals surface area contributed by atoms with E-state index in [1.165, 1.54) is 7.11 Å². The molecule has 1 aromatic heterocycles. The molecule has 0 unspecified atom stereocenters. The van der Waals surface area contributed by atoms with Gasteiger partial charge in [-0.15, -0.1) is 0 Å². The highest BCUT2D eigenvalue weighted by Gasteiger charge is 2.23. The lowest BCUT2D eigenvalue weighted by molar-refractivity contribution is 0.0600. The number of hydrogen-bond donors (Lipinski definition) is 1. The maximum Gasteiger partial charge on any atom is 0.344 e. The molecule has 0 fully saturated rings. The van der Waals surface area contributed by atoms with Crippen LogP contribution in [0.1, 0.15) is 21.7 Å². The molecule has 3 rings (SSSR count). The van der Waals surface area contributed by atoms with Gasteiger partial charge in [-0.25, -0.2) is 4.79 Å². The predicted octanol–water partition coefficient (Wildman–Crippen LogP) is 3.59. The Morgan fingerprint density at radius 3 is 2.33 bits per heavy atom. The molecule has 0 saturated heterocycles. The molecule has 0 bridgehead atoms. The standard InChI is InChI=1S/C19H16N2O3/c1-23-19(22)17-16(12-15(20)13-8-4-2-5-9-13)24-21-18(17)14-10-6-3-7-11-14/h2-12H,20H2,1H3.